The molecule has 3 heterocycles. The predicted molar refractivity (Wildman–Crippen MR) is 113 cm³/mol. The van der Waals surface area contributed by atoms with Crippen molar-refractivity contribution in [3.63, 3.8) is 0 Å². The number of hydrogen-bond donors (Lipinski definition) is 1. The summed E-state index contributed by atoms with van der Waals surface area (Å²) in [5.74, 6) is 0.344. The Morgan fingerprint density at radius 3 is 2.68 bits per heavy atom. The summed E-state index contributed by atoms with van der Waals surface area (Å²) < 4.78 is 10.5. The second kappa shape index (κ2) is 8.51. The molecule has 0 radical (unpaired) electrons. The molecule has 0 atom stereocenters. The Kier molecular flexibility index (Phi) is 5.65. The summed E-state index contributed by atoms with van der Waals surface area (Å²) in [4.78, 5) is 21.0. The summed E-state index contributed by atoms with van der Waals surface area (Å²) in [5.41, 5.74) is 2.92. The van der Waals surface area contributed by atoms with E-state index in [4.69, 9.17) is 9.47 Å². The van der Waals surface area contributed by atoms with Crippen LogP contribution in [0.2, 0.25) is 0 Å². The molecule has 9 heteroatoms. The Morgan fingerprint density at radius 1 is 1.07 bits per heavy atom. The van der Waals surface area contributed by atoms with Gasteiger partial charge in [-0.3, -0.25) is 0 Å². The molecule has 0 aliphatic heterocycles. The second-order valence-corrected chi connectivity index (χ2v) is 8.12. The van der Waals surface area contributed by atoms with Gasteiger partial charge in [0.1, 0.15) is 17.4 Å². The van der Waals surface area contributed by atoms with Gasteiger partial charge in [-0.25, -0.2) is 14.8 Å². The Morgan fingerprint density at radius 2 is 1.93 bits per heavy atom. The fourth-order valence-electron chi connectivity index (χ4n) is 2.33. The van der Waals surface area contributed by atoms with Gasteiger partial charge in [-0.15, -0.1) is 22.7 Å². The molecule has 4 rings (SSSR count). The molecule has 6 nitrogen and oxygen atoms in total. The first kappa shape index (κ1) is 18.6. The van der Waals surface area contributed by atoms with E-state index < -0.39 is 5.97 Å². The highest BCUT2D eigenvalue weighted by molar-refractivity contribution is 7.14. The van der Waals surface area contributed by atoms with Gasteiger partial charge in [0.05, 0.1) is 12.8 Å². The molecule has 4 aromatic rings. The molecule has 0 saturated carbocycles. The van der Waals surface area contributed by atoms with Gasteiger partial charge in [-0.2, -0.15) is 11.3 Å². The molecule has 1 N–H and O–H groups in total. The number of nitrogens with one attached hydrogen (secondary N) is 1. The molecule has 3 aromatic heterocycles. The first-order valence-electron chi connectivity index (χ1n) is 8.22. The van der Waals surface area contributed by atoms with E-state index in [1.54, 1.807) is 23.8 Å². The lowest BCUT2D eigenvalue weighted by atomic mass is 10.3. The largest absolute Gasteiger partial charge is 0.497 e. The maximum Gasteiger partial charge on any atom is 0.358 e. The number of thiazole rings is 2. The minimum atomic E-state index is -0.449. The number of carbonyl (C=O) groups is 1. The molecular weight excluding hydrogens is 414 g/mol. The molecule has 142 valence electrons. The third kappa shape index (κ3) is 4.38. The van der Waals surface area contributed by atoms with E-state index in [1.807, 2.05) is 46.5 Å². The van der Waals surface area contributed by atoms with Crippen LogP contribution >= 0.6 is 34.0 Å². The van der Waals surface area contributed by atoms with Crippen LogP contribution in [0.1, 0.15) is 16.2 Å². The first-order chi connectivity index (χ1) is 13.7. The Hall–Kier alpha value is -2.75. The van der Waals surface area contributed by atoms with Crippen molar-refractivity contribution in [2.45, 2.75) is 6.61 Å². The molecule has 0 spiro atoms. The Bertz CT molecular complexity index is 1060. The summed E-state index contributed by atoms with van der Waals surface area (Å²) in [6, 6.07) is 9.54. The molecular formula is C19H15N3O3S3. The topological polar surface area (TPSA) is 73.3 Å². The van der Waals surface area contributed by atoms with Crippen molar-refractivity contribution in [2.24, 2.45) is 0 Å². The monoisotopic (exact) mass is 429 g/mol. The lowest BCUT2D eigenvalue weighted by Gasteiger charge is -2.04. The molecule has 1 aromatic carbocycles. The van der Waals surface area contributed by atoms with Crippen LogP contribution in [0, 0.1) is 0 Å². The second-order valence-electron chi connectivity index (χ2n) is 5.62. The zero-order chi connectivity index (χ0) is 19.3. The number of anilines is 2. The Labute approximate surface area is 173 Å². The third-order valence-corrected chi connectivity index (χ3v) is 6.11. The molecule has 0 bridgehead atoms. The fraction of sp³-hybridized carbons (Fsp3) is 0.105. The molecule has 0 unspecified atom stereocenters. The quantitative estimate of drug-likeness (QED) is 0.395. The van der Waals surface area contributed by atoms with Crippen molar-refractivity contribution in [1.29, 1.82) is 0 Å². The van der Waals surface area contributed by atoms with Gasteiger partial charge in [0.2, 0.25) is 0 Å². The van der Waals surface area contributed by atoms with Crippen molar-refractivity contribution in [3.05, 3.63) is 63.2 Å². The van der Waals surface area contributed by atoms with Crippen molar-refractivity contribution < 1.29 is 14.3 Å². The molecule has 0 fully saturated rings. The zero-order valence-corrected chi connectivity index (χ0v) is 17.2. The minimum Gasteiger partial charge on any atom is -0.497 e. The molecule has 0 saturated heterocycles. The van der Waals surface area contributed by atoms with Crippen molar-refractivity contribution in [1.82, 2.24) is 9.97 Å². The first-order valence-corrected chi connectivity index (χ1v) is 10.9. The number of methoxy groups -OCH3 is 1. The molecule has 0 aliphatic rings. The van der Waals surface area contributed by atoms with Crippen LogP contribution in [-0.4, -0.2) is 23.0 Å². The van der Waals surface area contributed by atoms with E-state index in [-0.39, 0.29) is 6.61 Å². The number of nitrogens with zero attached hydrogens (tertiary/aromatic N) is 2. The maximum absolute atomic E-state index is 12.2. The number of esters is 1. The van der Waals surface area contributed by atoms with Crippen molar-refractivity contribution in [3.8, 4) is 16.3 Å². The number of carbonyl (C=O) groups excluding carboxylic acids is 1. The third-order valence-electron chi connectivity index (χ3n) is 3.73. The predicted octanol–water partition coefficient (Wildman–Crippen LogP) is 5.44. The maximum atomic E-state index is 12.2. The number of rotatable bonds is 7. The summed E-state index contributed by atoms with van der Waals surface area (Å²) in [6.45, 7) is 0.102. The van der Waals surface area contributed by atoms with E-state index in [9.17, 15) is 4.79 Å². The van der Waals surface area contributed by atoms with E-state index in [0.29, 0.717) is 11.4 Å². The average molecular weight is 430 g/mol. The van der Waals surface area contributed by atoms with Crippen LogP contribution in [0.4, 0.5) is 10.8 Å². The summed E-state index contributed by atoms with van der Waals surface area (Å²) in [7, 11) is 1.63. The standard InChI is InChI=1S/C19H15N3O3S3/c1-24-15-4-2-13(3-5-15)20-19-21-14(10-28-19)8-25-18(23)16-11-27-17(22-16)12-6-7-26-9-12/h2-7,9-11H,8H2,1H3,(H,20,21). The van der Waals surface area contributed by atoms with Gasteiger partial charge in [0.25, 0.3) is 0 Å². The summed E-state index contributed by atoms with van der Waals surface area (Å²) >= 11 is 4.47. The summed E-state index contributed by atoms with van der Waals surface area (Å²) in [5, 5.41) is 12.3. The van der Waals surface area contributed by atoms with Crippen LogP contribution in [0.15, 0.2) is 51.9 Å². The SMILES string of the molecule is COc1ccc(Nc2nc(COC(=O)c3csc(-c4ccsc4)n3)cs2)cc1. The smallest absolute Gasteiger partial charge is 0.358 e. The van der Waals surface area contributed by atoms with Crippen LogP contribution in [0.5, 0.6) is 5.75 Å². The average Bonchev–Trinajstić information content (AvgIpc) is 3.47. The van der Waals surface area contributed by atoms with Crippen LogP contribution in [-0.2, 0) is 11.3 Å². The van der Waals surface area contributed by atoms with Gasteiger partial charge >= 0.3 is 5.97 Å². The molecule has 28 heavy (non-hydrogen) atoms. The number of aromatic nitrogens is 2. The van der Waals surface area contributed by atoms with Crippen LogP contribution in [0.3, 0.4) is 0 Å². The lowest BCUT2D eigenvalue weighted by molar-refractivity contribution is 0.0462. The van der Waals surface area contributed by atoms with Crippen molar-refractivity contribution >= 4 is 50.8 Å². The highest BCUT2D eigenvalue weighted by Crippen LogP contribution is 2.26. The van der Waals surface area contributed by atoms with E-state index >= 15 is 0 Å². The van der Waals surface area contributed by atoms with Gasteiger partial charge in [0, 0.05) is 27.4 Å². The number of ether oxygens (including phenoxy) is 2. The van der Waals surface area contributed by atoms with E-state index in [0.717, 1.165) is 27.1 Å². The van der Waals surface area contributed by atoms with Gasteiger partial charge in [-0.1, -0.05) is 0 Å². The number of thiophene rings is 1. The fourth-order valence-corrected chi connectivity index (χ4v) is 4.54. The highest BCUT2D eigenvalue weighted by Gasteiger charge is 2.14. The highest BCUT2D eigenvalue weighted by atomic mass is 32.1. The van der Waals surface area contributed by atoms with Gasteiger partial charge in [-0.05, 0) is 35.7 Å². The van der Waals surface area contributed by atoms with Crippen molar-refractivity contribution in [2.75, 3.05) is 12.4 Å². The molecule has 0 aliphatic carbocycles. The summed E-state index contributed by atoms with van der Waals surface area (Å²) in [6.07, 6.45) is 0. The normalized spacial score (nSPS) is 10.6. The van der Waals surface area contributed by atoms with Gasteiger partial charge in [0.15, 0.2) is 10.8 Å². The lowest BCUT2D eigenvalue weighted by Crippen LogP contribution is -2.06. The number of benzene rings is 1. The van der Waals surface area contributed by atoms with Gasteiger partial charge < -0.3 is 14.8 Å². The number of hydrogen-bond acceptors (Lipinski definition) is 9. The Balaban J connectivity index is 1.33. The van der Waals surface area contributed by atoms with E-state index in [2.05, 4.69) is 15.3 Å². The van der Waals surface area contributed by atoms with Crippen LogP contribution in [0.25, 0.3) is 10.6 Å². The minimum absolute atomic E-state index is 0.102. The zero-order valence-electron chi connectivity index (χ0n) is 14.7. The van der Waals surface area contributed by atoms with E-state index in [1.165, 1.54) is 22.7 Å². The molecule has 0 amide bonds. The van der Waals surface area contributed by atoms with Crippen LogP contribution < -0.4 is 10.1 Å².